The molecule has 0 saturated carbocycles. The molecular weight excluding hydrogens is 280 g/mol. The van der Waals surface area contributed by atoms with Crippen molar-refractivity contribution in [1.29, 1.82) is 0 Å². The highest BCUT2D eigenvalue weighted by molar-refractivity contribution is 5.95. The minimum atomic E-state index is -0.405. The van der Waals surface area contributed by atoms with E-state index in [2.05, 4.69) is 5.32 Å². The van der Waals surface area contributed by atoms with Gasteiger partial charge in [0.2, 0.25) is 0 Å². The Morgan fingerprint density at radius 3 is 3.05 bits per heavy atom. The topological polar surface area (TPSA) is 65.7 Å². The van der Waals surface area contributed by atoms with Crippen LogP contribution in [0.3, 0.4) is 0 Å². The second-order valence-electron chi connectivity index (χ2n) is 5.56. The van der Waals surface area contributed by atoms with E-state index in [1.54, 1.807) is 17.2 Å². The summed E-state index contributed by atoms with van der Waals surface area (Å²) in [5, 5.41) is 12.9. The van der Waals surface area contributed by atoms with Crippen LogP contribution in [0.2, 0.25) is 0 Å². The number of carbonyl (C=O) groups excluding carboxylic acids is 1. The van der Waals surface area contributed by atoms with Crippen LogP contribution in [0.5, 0.6) is 0 Å². The molecule has 3 rings (SSSR count). The molecule has 1 aliphatic rings. The molecule has 1 saturated heterocycles. The van der Waals surface area contributed by atoms with Crippen molar-refractivity contribution >= 4 is 11.6 Å². The molecule has 0 aliphatic carbocycles. The molecule has 1 aromatic carbocycles. The second kappa shape index (κ2) is 6.66. The predicted molar refractivity (Wildman–Crippen MR) is 83.6 cm³/mol. The van der Waals surface area contributed by atoms with Gasteiger partial charge in [0.05, 0.1) is 18.9 Å². The van der Waals surface area contributed by atoms with Gasteiger partial charge in [0.25, 0.3) is 5.91 Å². The highest BCUT2D eigenvalue weighted by Crippen LogP contribution is 2.17. The number of amides is 1. The lowest BCUT2D eigenvalue weighted by Gasteiger charge is -2.30. The Hall–Kier alpha value is -2.27. The van der Waals surface area contributed by atoms with Crippen molar-refractivity contribution < 1.29 is 14.3 Å². The van der Waals surface area contributed by atoms with E-state index < -0.39 is 6.10 Å². The number of aliphatic hydroxyl groups excluding tert-OH is 1. The lowest BCUT2D eigenvalue weighted by molar-refractivity contribution is 0.0474. The first-order valence-corrected chi connectivity index (χ1v) is 7.56. The van der Waals surface area contributed by atoms with E-state index >= 15 is 0 Å². The largest absolute Gasteiger partial charge is 0.467 e. The van der Waals surface area contributed by atoms with Gasteiger partial charge in [-0.1, -0.05) is 6.07 Å². The normalized spacial score (nSPS) is 18.2. The van der Waals surface area contributed by atoms with Crippen molar-refractivity contribution in [2.45, 2.75) is 25.5 Å². The Kier molecular flexibility index (Phi) is 4.44. The Morgan fingerprint density at radius 1 is 1.36 bits per heavy atom. The fraction of sp³-hybridized carbons (Fsp3) is 0.353. The van der Waals surface area contributed by atoms with Crippen molar-refractivity contribution in [1.82, 2.24) is 4.90 Å². The second-order valence-corrected chi connectivity index (χ2v) is 5.56. The average molecular weight is 300 g/mol. The summed E-state index contributed by atoms with van der Waals surface area (Å²) in [5.74, 6) is 0.816. The monoisotopic (exact) mass is 300 g/mol. The summed E-state index contributed by atoms with van der Waals surface area (Å²) in [6.07, 6.45) is 2.86. The minimum absolute atomic E-state index is 0.0274. The molecule has 1 aromatic heterocycles. The van der Waals surface area contributed by atoms with Gasteiger partial charge in [0.1, 0.15) is 5.76 Å². The summed E-state index contributed by atoms with van der Waals surface area (Å²) in [6, 6.07) is 11.2. The molecule has 5 heteroatoms. The molecule has 0 bridgehead atoms. The maximum atomic E-state index is 12.5. The van der Waals surface area contributed by atoms with Gasteiger partial charge in [-0.3, -0.25) is 4.79 Å². The molecule has 1 atom stereocenters. The zero-order valence-electron chi connectivity index (χ0n) is 12.4. The van der Waals surface area contributed by atoms with E-state index in [1.165, 1.54) is 0 Å². The molecule has 0 radical (unpaired) electrons. The number of anilines is 1. The van der Waals surface area contributed by atoms with Gasteiger partial charge in [0, 0.05) is 24.3 Å². The van der Waals surface area contributed by atoms with Crippen molar-refractivity contribution in [2.75, 3.05) is 18.4 Å². The molecule has 0 spiro atoms. The summed E-state index contributed by atoms with van der Waals surface area (Å²) in [6.45, 7) is 1.70. The molecule has 5 nitrogen and oxygen atoms in total. The highest BCUT2D eigenvalue weighted by atomic mass is 16.3. The van der Waals surface area contributed by atoms with E-state index in [0.717, 1.165) is 24.3 Å². The molecule has 2 N–H and O–H groups in total. The van der Waals surface area contributed by atoms with Crippen LogP contribution in [0.15, 0.2) is 47.1 Å². The maximum absolute atomic E-state index is 12.5. The van der Waals surface area contributed by atoms with Crippen molar-refractivity contribution in [2.24, 2.45) is 0 Å². The number of hydrogen-bond donors (Lipinski definition) is 2. The number of β-amino-alcohol motifs (C(OH)–C–C–N with tert-alkyl or cyclic N) is 1. The number of furan rings is 1. The third-order valence-corrected chi connectivity index (χ3v) is 3.84. The predicted octanol–water partition coefficient (Wildman–Crippen LogP) is 2.49. The van der Waals surface area contributed by atoms with Gasteiger partial charge in [-0.15, -0.1) is 0 Å². The zero-order chi connectivity index (χ0) is 15.4. The van der Waals surface area contributed by atoms with Gasteiger partial charge >= 0.3 is 0 Å². The zero-order valence-corrected chi connectivity index (χ0v) is 12.4. The molecule has 1 aliphatic heterocycles. The van der Waals surface area contributed by atoms with Crippen molar-refractivity contribution in [3.05, 3.63) is 54.0 Å². The van der Waals surface area contributed by atoms with Crippen molar-refractivity contribution in [3.63, 3.8) is 0 Å². The summed E-state index contributed by atoms with van der Waals surface area (Å²) < 4.78 is 5.27. The van der Waals surface area contributed by atoms with E-state index in [0.29, 0.717) is 25.2 Å². The average Bonchev–Trinajstić information content (AvgIpc) is 3.06. The number of piperidine rings is 1. The standard InChI is InChI=1S/C17H20N2O3/c20-15-6-2-8-19(12-15)17(21)13-4-1-5-14(10-13)18-11-16-7-3-9-22-16/h1,3-5,7,9-10,15,18,20H,2,6,8,11-12H2. The van der Waals surface area contributed by atoms with Crippen LogP contribution >= 0.6 is 0 Å². The number of carbonyl (C=O) groups is 1. The van der Waals surface area contributed by atoms with Crippen LogP contribution in [0.1, 0.15) is 29.0 Å². The first-order valence-electron chi connectivity index (χ1n) is 7.56. The number of likely N-dealkylation sites (tertiary alicyclic amines) is 1. The summed E-state index contributed by atoms with van der Waals surface area (Å²) >= 11 is 0. The Bertz CT molecular complexity index is 625. The Balaban J connectivity index is 1.66. The molecule has 1 unspecified atom stereocenters. The molecular formula is C17H20N2O3. The van der Waals surface area contributed by atoms with Crippen LogP contribution in [0.25, 0.3) is 0 Å². The van der Waals surface area contributed by atoms with Crippen LogP contribution < -0.4 is 5.32 Å². The molecule has 2 aromatic rings. The van der Waals surface area contributed by atoms with Crippen LogP contribution in [0, 0.1) is 0 Å². The van der Waals surface area contributed by atoms with Gasteiger partial charge in [-0.05, 0) is 43.2 Å². The smallest absolute Gasteiger partial charge is 0.254 e. The summed E-state index contributed by atoms with van der Waals surface area (Å²) in [4.78, 5) is 14.2. The van der Waals surface area contributed by atoms with Crippen LogP contribution in [-0.4, -0.2) is 35.1 Å². The lowest BCUT2D eigenvalue weighted by atomic mass is 10.1. The number of hydrogen-bond acceptors (Lipinski definition) is 4. The third kappa shape index (κ3) is 3.49. The van der Waals surface area contributed by atoms with E-state index in [1.807, 2.05) is 30.3 Å². The SMILES string of the molecule is O=C(c1cccc(NCc2ccco2)c1)N1CCCC(O)C1. The lowest BCUT2D eigenvalue weighted by Crippen LogP contribution is -2.42. The van der Waals surface area contributed by atoms with E-state index in [9.17, 15) is 9.90 Å². The fourth-order valence-electron chi connectivity index (χ4n) is 2.69. The van der Waals surface area contributed by atoms with Gasteiger partial charge in [0.15, 0.2) is 0 Å². The van der Waals surface area contributed by atoms with E-state index in [-0.39, 0.29) is 5.91 Å². The number of nitrogens with one attached hydrogen (secondary N) is 1. The summed E-state index contributed by atoms with van der Waals surface area (Å²) in [5.41, 5.74) is 1.51. The number of rotatable bonds is 4. The van der Waals surface area contributed by atoms with E-state index in [4.69, 9.17) is 4.42 Å². The third-order valence-electron chi connectivity index (χ3n) is 3.84. The Morgan fingerprint density at radius 2 is 2.27 bits per heavy atom. The quantitative estimate of drug-likeness (QED) is 0.910. The number of nitrogens with zero attached hydrogens (tertiary/aromatic N) is 1. The Labute approximate surface area is 129 Å². The molecule has 2 heterocycles. The highest BCUT2D eigenvalue weighted by Gasteiger charge is 2.23. The van der Waals surface area contributed by atoms with Gasteiger partial charge in [-0.25, -0.2) is 0 Å². The number of aliphatic hydroxyl groups is 1. The molecule has 22 heavy (non-hydrogen) atoms. The maximum Gasteiger partial charge on any atom is 0.254 e. The van der Waals surface area contributed by atoms with Crippen molar-refractivity contribution in [3.8, 4) is 0 Å². The molecule has 1 amide bonds. The molecule has 116 valence electrons. The fourth-order valence-corrected chi connectivity index (χ4v) is 2.69. The van der Waals surface area contributed by atoms with Gasteiger partial charge in [-0.2, -0.15) is 0 Å². The minimum Gasteiger partial charge on any atom is -0.467 e. The summed E-state index contributed by atoms with van der Waals surface area (Å²) in [7, 11) is 0. The van der Waals surface area contributed by atoms with Crippen LogP contribution in [0.4, 0.5) is 5.69 Å². The van der Waals surface area contributed by atoms with Gasteiger partial charge < -0.3 is 19.7 Å². The first-order chi connectivity index (χ1) is 10.7. The number of benzene rings is 1. The molecule has 1 fully saturated rings. The first kappa shape index (κ1) is 14.7. The van der Waals surface area contributed by atoms with Crippen LogP contribution in [-0.2, 0) is 6.54 Å².